The van der Waals surface area contributed by atoms with Gasteiger partial charge in [0.25, 0.3) is 0 Å². The van der Waals surface area contributed by atoms with Gasteiger partial charge in [0.2, 0.25) is 0 Å². The van der Waals surface area contributed by atoms with Gasteiger partial charge in [-0.25, -0.2) is 9.52 Å². The van der Waals surface area contributed by atoms with E-state index >= 15 is 0 Å². The molecule has 1 atom stereocenters. The summed E-state index contributed by atoms with van der Waals surface area (Å²) in [7, 11) is -3.37. The summed E-state index contributed by atoms with van der Waals surface area (Å²) >= 11 is 0. The number of hydrogen-bond donors (Lipinski definition) is 3. The zero-order chi connectivity index (χ0) is 23.7. The molecule has 3 rings (SSSR count). The van der Waals surface area contributed by atoms with E-state index < -0.39 is 22.8 Å². The van der Waals surface area contributed by atoms with Crippen LogP contribution in [0.4, 0.5) is 0 Å². The fourth-order valence-corrected chi connectivity index (χ4v) is 5.05. The summed E-state index contributed by atoms with van der Waals surface area (Å²) in [6, 6.07) is 27.3. The molecule has 0 fully saturated rings. The largest absolute Gasteiger partial charge is 0.463 e. The molecule has 3 N–H and O–H groups in total. The molecule has 0 aliphatic heterocycles. The van der Waals surface area contributed by atoms with Gasteiger partial charge in [-0.2, -0.15) is 0 Å². The third kappa shape index (κ3) is 6.33. The molecule has 174 valence electrons. The lowest BCUT2D eigenvalue weighted by Crippen LogP contribution is -2.37. The first-order valence-electron chi connectivity index (χ1n) is 11.1. The van der Waals surface area contributed by atoms with Crippen LogP contribution in [0, 0.1) is 0 Å². The van der Waals surface area contributed by atoms with Crippen molar-refractivity contribution in [3.05, 3.63) is 108 Å². The van der Waals surface area contributed by atoms with Crippen LogP contribution in [0.5, 0.6) is 0 Å². The second-order valence-corrected chi connectivity index (χ2v) is 9.37. The number of nitrogens with one attached hydrogen (secondary N) is 1. The van der Waals surface area contributed by atoms with Crippen molar-refractivity contribution < 1.29 is 18.6 Å². The summed E-state index contributed by atoms with van der Waals surface area (Å²) in [5.74, 6) is -0.477. The minimum Gasteiger partial charge on any atom is -0.463 e. The van der Waals surface area contributed by atoms with E-state index in [0.29, 0.717) is 22.5 Å². The van der Waals surface area contributed by atoms with Crippen molar-refractivity contribution in [1.82, 2.24) is 4.72 Å². The van der Waals surface area contributed by atoms with Gasteiger partial charge in [-0.1, -0.05) is 92.2 Å². The number of carbonyl (C=O) groups is 1. The van der Waals surface area contributed by atoms with E-state index in [2.05, 4.69) is 4.72 Å². The molecular weight excluding hydrogens is 434 g/mol. The second kappa shape index (κ2) is 11.8. The Morgan fingerprint density at radius 2 is 1.33 bits per heavy atom. The van der Waals surface area contributed by atoms with E-state index in [4.69, 9.17) is 4.74 Å². The van der Waals surface area contributed by atoms with Crippen molar-refractivity contribution in [2.24, 2.45) is 0 Å². The molecule has 0 aliphatic rings. The van der Waals surface area contributed by atoms with Crippen LogP contribution >= 0.6 is 10.8 Å². The van der Waals surface area contributed by atoms with Crippen LogP contribution < -0.4 is 4.72 Å². The third-order valence-corrected chi connectivity index (χ3v) is 6.74. The first-order chi connectivity index (χ1) is 16.0. The fraction of sp³-hybridized carbons (Fsp3) is 0.222. The van der Waals surface area contributed by atoms with Crippen molar-refractivity contribution in [1.29, 1.82) is 0 Å². The molecule has 0 saturated heterocycles. The summed E-state index contributed by atoms with van der Waals surface area (Å²) < 4.78 is 30.5. The van der Waals surface area contributed by atoms with Gasteiger partial charge >= 0.3 is 5.97 Å². The van der Waals surface area contributed by atoms with Gasteiger partial charge in [0.1, 0.15) is 0 Å². The highest BCUT2D eigenvalue weighted by atomic mass is 32.3. The lowest BCUT2D eigenvalue weighted by Gasteiger charge is -2.38. The fourth-order valence-electron chi connectivity index (χ4n) is 3.74. The highest BCUT2D eigenvalue weighted by molar-refractivity contribution is 8.22. The Morgan fingerprint density at radius 3 is 1.79 bits per heavy atom. The predicted octanol–water partition coefficient (Wildman–Crippen LogP) is 6.53. The van der Waals surface area contributed by atoms with Gasteiger partial charge in [-0.3, -0.25) is 9.11 Å². The SMILES string of the molecule is CCCC(NS(O)(O)c1ccccc1)C(C(=O)OCC)=C(c1ccccc1)c1ccccc1. The number of benzene rings is 3. The highest BCUT2D eigenvalue weighted by Crippen LogP contribution is 2.46. The monoisotopic (exact) mass is 465 g/mol. The first kappa shape index (κ1) is 24.7. The quantitative estimate of drug-likeness (QED) is 0.234. The van der Waals surface area contributed by atoms with E-state index in [-0.39, 0.29) is 6.61 Å². The highest BCUT2D eigenvalue weighted by Gasteiger charge is 2.31. The molecule has 3 aromatic rings. The van der Waals surface area contributed by atoms with Crippen molar-refractivity contribution in [3.8, 4) is 0 Å². The second-order valence-electron chi connectivity index (χ2n) is 7.56. The van der Waals surface area contributed by atoms with Crippen LogP contribution in [0.25, 0.3) is 5.57 Å². The molecule has 0 spiro atoms. The summed E-state index contributed by atoms with van der Waals surface area (Å²) in [6.07, 6.45) is 1.24. The zero-order valence-corrected chi connectivity index (χ0v) is 19.8. The lowest BCUT2D eigenvalue weighted by atomic mass is 9.88. The number of carbonyl (C=O) groups excluding carboxylic acids is 1. The molecule has 6 heteroatoms. The Hall–Kier alpha value is -2.90. The van der Waals surface area contributed by atoms with E-state index in [1.165, 1.54) is 0 Å². The van der Waals surface area contributed by atoms with E-state index in [0.717, 1.165) is 17.5 Å². The number of rotatable bonds is 10. The maximum Gasteiger partial charge on any atom is 0.336 e. The molecule has 0 amide bonds. The van der Waals surface area contributed by atoms with Gasteiger partial charge in [-0.05, 0) is 36.6 Å². The van der Waals surface area contributed by atoms with Crippen LogP contribution in [0.2, 0.25) is 0 Å². The van der Waals surface area contributed by atoms with Crippen molar-refractivity contribution in [3.63, 3.8) is 0 Å². The average Bonchev–Trinajstić information content (AvgIpc) is 2.84. The molecule has 33 heavy (non-hydrogen) atoms. The Bertz CT molecular complexity index is 1010. The summed E-state index contributed by atoms with van der Waals surface area (Å²) in [6.45, 7) is 3.98. The number of hydrogen-bond acceptors (Lipinski definition) is 5. The van der Waals surface area contributed by atoms with Crippen molar-refractivity contribution >= 4 is 22.3 Å². The van der Waals surface area contributed by atoms with E-state index in [9.17, 15) is 13.9 Å². The van der Waals surface area contributed by atoms with Gasteiger partial charge in [0, 0.05) is 5.57 Å². The van der Waals surface area contributed by atoms with Gasteiger partial charge in [0.05, 0.1) is 23.1 Å². The van der Waals surface area contributed by atoms with Crippen LogP contribution in [-0.4, -0.2) is 27.7 Å². The molecular formula is C27H31NO4S. The Kier molecular flexibility index (Phi) is 8.86. The van der Waals surface area contributed by atoms with Crippen LogP contribution in [0.3, 0.4) is 0 Å². The molecule has 3 aromatic carbocycles. The van der Waals surface area contributed by atoms with Crippen molar-refractivity contribution in [2.75, 3.05) is 6.61 Å². The van der Waals surface area contributed by atoms with Gasteiger partial charge < -0.3 is 4.74 Å². The Balaban J connectivity index is 2.22. The lowest BCUT2D eigenvalue weighted by molar-refractivity contribution is -0.138. The van der Waals surface area contributed by atoms with Crippen LogP contribution in [-0.2, 0) is 9.53 Å². The predicted molar refractivity (Wildman–Crippen MR) is 135 cm³/mol. The summed E-state index contributed by atoms with van der Waals surface area (Å²) in [5, 5.41) is 0. The molecule has 0 aliphatic carbocycles. The minimum atomic E-state index is -3.37. The smallest absolute Gasteiger partial charge is 0.336 e. The summed E-state index contributed by atoms with van der Waals surface area (Å²) in [5.41, 5.74) is 2.80. The third-order valence-electron chi connectivity index (χ3n) is 5.19. The van der Waals surface area contributed by atoms with Gasteiger partial charge in [0.15, 0.2) is 0 Å². The van der Waals surface area contributed by atoms with Crippen LogP contribution in [0.15, 0.2) is 101 Å². The van der Waals surface area contributed by atoms with E-state index in [1.54, 1.807) is 31.2 Å². The molecule has 5 nitrogen and oxygen atoms in total. The number of esters is 1. The Morgan fingerprint density at radius 1 is 0.848 bits per heavy atom. The molecule has 0 saturated carbocycles. The van der Waals surface area contributed by atoms with E-state index in [1.807, 2.05) is 73.7 Å². The van der Waals surface area contributed by atoms with Crippen LogP contribution in [0.1, 0.15) is 37.8 Å². The minimum absolute atomic E-state index is 0.215. The molecule has 0 heterocycles. The average molecular weight is 466 g/mol. The zero-order valence-electron chi connectivity index (χ0n) is 19.0. The first-order valence-corrected chi connectivity index (χ1v) is 12.6. The van der Waals surface area contributed by atoms with Crippen molar-refractivity contribution in [2.45, 2.75) is 37.6 Å². The number of ether oxygens (including phenoxy) is 1. The maximum absolute atomic E-state index is 13.4. The molecule has 0 bridgehead atoms. The molecule has 1 unspecified atom stereocenters. The standard InChI is InChI=1S/C27H31NO4S/c1-3-14-24(28-33(30,31)23-19-12-7-13-20-23)26(27(29)32-4-2)25(21-15-8-5-9-16-21)22-17-10-6-11-18-22/h5-13,15-20,24,28,30-31H,3-4,14H2,1-2H3. The normalized spacial score (nSPS) is 12.6. The molecule has 0 aromatic heterocycles. The van der Waals surface area contributed by atoms with Gasteiger partial charge in [-0.15, -0.1) is 10.8 Å². The topological polar surface area (TPSA) is 78.8 Å². The Labute approximate surface area is 197 Å². The summed E-state index contributed by atoms with van der Waals surface area (Å²) in [4.78, 5) is 13.8. The maximum atomic E-state index is 13.4. The molecule has 0 radical (unpaired) electrons.